The molecule has 4 rings (SSSR count). The van der Waals surface area contributed by atoms with Crippen molar-refractivity contribution in [1.82, 2.24) is 15.1 Å². The number of amides is 2. The molecule has 1 aromatic carbocycles. The molecule has 2 bridgehead atoms. The summed E-state index contributed by atoms with van der Waals surface area (Å²) in [6.07, 6.45) is 2.02. The predicted octanol–water partition coefficient (Wildman–Crippen LogP) is 2.54. The number of urea groups is 1. The third-order valence-corrected chi connectivity index (χ3v) is 4.44. The van der Waals surface area contributed by atoms with E-state index in [0.717, 1.165) is 24.1 Å². The van der Waals surface area contributed by atoms with Crippen molar-refractivity contribution in [3.8, 4) is 11.3 Å². The van der Waals surface area contributed by atoms with Gasteiger partial charge >= 0.3 is 6.03 Å². The minimum Gasteiger partial charge on any atom is -0.377 e. The maximum absolute atomic E-state index is 12.5. The Hall–Kier alpha value is -2.47. The average Bonchev–Trinajstić information content (AvgIpc) is 2.86. The van der Waals surface area contributed by atoms with Crippen LogP contribution in [0.3, 0.4) is 0 Å². The SMILES string of the molecule is O=C(Nc1ccc(-c2ccccc2)nn1)N1C2CCC1COC2. The Balaban J connectivity index is 1.46. The highest BCUT2D eigenvalue weighted by atomic mass is 16.5. The first-order chi connectivity index (χ1) is 11.3. The van der Waals surface area contributed by atoms with Crippen LogP contribution < -0.4 is 5.32 Å². The van der Waals surface area contributed by atoms with Crippen LogP contribution in [0.1, 0.15) is 12.8 Å². The van der Waals surface area contributed by atoms with E-state index in [1.54, 1.807) is 6.07 Å². The maximum Gasteiger partial charge on any atom is 0.323 e. The van der Waals surface area contributed by atoms with E-state index >= 15 is 0 Å². The molecular formula is C17H18N4O2. The lowest BCUT2D eigenvalue weighted by Gasteiger charge is -2.34. The van der Waals surface area contributed by atoms with Gasteiger partial charge in [-0.25, -0.2) is 4.79 Å². The number of carbonyl (C=O) groups excluding carboxylic acids is 1. The maximum atomic E-state index is 12.5. The lowest BCUT2D eigenvalue weighted by Crippen LogP contribution is -2.50. The first kappa shape index (κ1) is 14.1. The van der Waals surface area contributed by atoms with Gasteiger partial charge in [0.15, 0.2) is 5.82 Å². The fourth-order valence-corrected chi connectivity index (χ4v) is 3.30. The molecule has 0 radical (unpaired) electrons. The summed E-state index contributed by atoms with van der Waals surface area (Å²) < 4.78 is 5.50. The van der Waals surface area contributed by atoms with Crippen LogP contribution in [0.25, 0.3) is 11.3 Å². The first-order valence-electron chi connectivity index (χ1n) is 7.87. The molecule has 1 N–H and O–H groups in total. The standard InChI is InChI=1S/C17H18N4O2/c22-17(21-13-6-7-14(21)11-23-10-13)18-16-9-8-15(19-20-16)12-4-2-1-3-5-12/h1-5,8-9,13-14H,6-7,10-11H2,(H,18,20,22). The van der Waals surface area contributed by atoms with Gasteiger partial charge in [-0.15, -0.1) is 10.2 Å². The molecule has 2 aliphatic heterocycles. The summed E-state index contributed by atoms with van der Waals surface area (Å²) in [5.74, 6) is 0.473. The van der Waals surface area contributed by atoms with Crippen LogP contribution in [0, 0.1) is 0 Å². The first-order valence-corrected chi connectivity index (χ1v) is 7.87. The molecule has 23 heavy (non-hydrogen) atoms. The van der Waals surface area contributed by atoms with E-state index in [4.69, 9.17) is 4.74 Å². The van der Waals surface area contributed by atoms with Gasteiger partial charge in [0, 0.05) is 5.56 Å². The number of benzene rings is 1. The van der Waals surface area contributed by atoms with Crippen molar-refractivity contribution in [2.24, 2.45) is 0 Å². The monoisotopic (exact) mass is 310 g/mol. The molecule has 0 saturated carbocycles. The van der Waals surface area contributed by atoms with E-state index < -0.39 is 0 Å². The van der Waals surface area contributed by atoms with E-state index in [9.17, 15) is 4.79 Å². The molecule has 2 unspecified atom stereocenters. The fraction of sp³-hybridized carbons (Fsp3) is 0.353. The van der Waals surface area contributed by atoms with Crippen molar-refractivity contribution < 1.29 is 9.53 Å². The second-order valence-electron chi connectivity index (χ2n) is 5.93. The Morgan fingerprint density at radius 1 is 1.04 bits per heavy atom. The largest absolute Gasteiger partial charge is 0.377 e. The topological polar surface area (TPSA) is 67.4 Å². The summed E-state index contributed by atoms with van der Waals surface area (Å²) >= 11 is 0. The number of ether oxygens (including phenoxy) is 1. The molecule has 2 amide bonds. The number of fused-ring (bicyclic) bond motifs is 2. The smallest absolute Gasteiger partial charge is 0.323 e. The van der Waals surface area contributed by atoms with Gasteiger partial charge in [-0.3, -0.25) is 5.32 Å². The van der Waals surface area contributed by atoms with Gasteiger partial charge < -0.3 is 9.64 Å². The lowest BCUT2D eigenvalue weighted by molar-refractivity contribution is 0.00947. The summed E-state index contributed by atoms with van der Waals surface area (Å²) in [4.78, 5) is 14.4. The highest BCUT2D eigenvalue weighted by Gasteiger charge is 2.40. The van der Waals surface area contributed by atoms with Gasteiger partial charge in [0.1, 0.15) is 0 Å². The number of rotatable bonds is 2. The van der Waals surface area contributed by atoms with Crippen LogP contribution in [0.15, 0.2) is 42.5 Å². The van der Waals surface area contributed by atoms with Crippen LogP contribution in [0.4, 0.5) is 10.6 Å². The summed E-state index contributed by atoms with van der Waals surface area (Å²) in [5, 5.41) is 11.2. The number of morpholine rings is 1. The van der Waals surface area contributed by atoms with E-state index in [0.29, 0.717) is 19.0 Å². The number of carbonyl (C=O) groups is 1. The number of nitrogens with zero attached hydrogens (tertiary/aromatic N) is 3. The molecule has 6 nitrogen and oxygen atoms in total. The van der Waals surface area contributed by atoms with Crippen molar-refractivity contribution in [3.05, 3.63) is 42.5 Å². The average molecular weight is 310 g/mol. The summed E-state index contributed by atoms with van der Waals surface area (Å²) in [6, 6.07) is 13.8. The third-order valence-electron chi connectivity index (χ3n) is 4.44. The molecule has 3 heterocycles. The van der Waals surface area contributed by atoms with Crippen LogP contribution >= 0.6 is 0 Å². The summed E-state index contributed by atoms with van der Waals surface area (Å²) in [7, 11) is 0. The highest BCUT2D eigenvalue weighted by Crippen LogP contribution is 2.29. The van der Waals surface area contributed by atoms with Crippen molar-refractivity contribution in [2.45, 2.75) is 24.9 Å². The molecule has 0 spiro atoms. The van der Waals surface area contributed by atoms with Gasteiger partial charge in [0.05, 0.1) is 31.0 Å². The van der Waals surface area contributed by atoms with Crippen LogP contribution in [-0.4, -0.2) is 46.4 Å². The minimum absolute atomic E-state index is 0.109. The zero-order valence-electron chi connectivity index (χ0n) is 12.7. The van der Waals surface area contributed by atoms with Crippen molar-refractivity contribution in [2.75, 3.05) is 18.5 Å². The molecule has 2 saturated heterocycles. The molecule has 2 atom stereocenters. The van der Waals surface area contributed by atoms with Gasteiger partial charge in [0.25, 0.3) is 0 Å². The Morgan fingerprint density at radius 2 is 1.78 bits per heavy atom. The number of nitrogens with one attached hydrogen (secondary N) is 1. The second-order valence-corrected chi connectivity index (χ2v) is 5.93. The third kappa shape index (κ3) is 2.77. The number of hydrogen-bond donors (Lipinski definition) is 1. The van der Waals surface area contributed by atoms with E-state index in [1.807, 2.05) is 41.3 Å². The Bertz CT molecular complexity index is 673. The van der Waals surface area contributed by atoms with E-state index in [-0.39, 0.29) is 18.1 Å². The molecule has 6 heteroatoms. The fourth-order valence-electron chi connectivity index (χ4n) is 3.30. The molecule has 1 aromatic heterocycles. The Labute approximate surface area is 134 Å². The van der Waals surface area contributed by atoms with Crippen molar-refractivity contribution >= 4 is 11.8 Å². The molecule has 2 aromatic rings. The quantitative estimate of drug-likeness (QED) is 0.925. The van der Waals surface area contributed by atoms with Crippen molar-refractivity contribution in [1.29, 1.82) is 0 Å². The van der Waals surface area contributed by atoms with Gasteiger partial charge in [-0.1, -0.05) is 30.3 Å². The minimum atomic E-state index is -0.109. The molecular weight excluding hydrogens is 292 g/mol. The molecule has 0 aliphatic carbocycles. The molecule has 2 aliphatic rings. The van der Waals surface area contributed by atoms with Crippen LogP contribution in [0.2, 0.25) is 0 Å². The van der Waals surface area contributed by atoms with E-state index in [2.05, 4.69) is 15.5 Å². The predicted molar refractivity (Wildman–Crippen MR) is 86.0 cm³/mol. The van der Waals surface area contributed by atoms with E-state index in [1.165, 1.54) is 0 Å². The summed E-state index contributed by atoms with van der Waals surface area (Å²) in [6.45, 7) is 1.26. The summed E-state index contributed by atoms with van der Waals surface area (Å²) in [5.41, 5.74) is 1.79. The lowest BCUT2D eigenvalue weighted by atomic mass is 10.1. The Morgan fingerprint density at radius 3 is 2.43 bits per heavy atom. The normalized spacial score (nSPS) is 22.9. The van der Waals surface area contributed by atoms with Gasteiger partial charge in [0.2, 0.25) is 0 Å². The van der Waals surface area contributed by atoms with Crippen molar-refractivity contribution in [3.63, 3.8) is 0 Å². The van der Waals surface area contributed by atoms with Crippen LogP contribution in [0.5, 0.6) is 0 Å². The molecule has 2 fully saturated rings. The second kappa shape index (κ2) is 5.96. The highest BCUT2D eigenvalue weighted by molar-refractivity contribution is 5.89. The zero-order valence-corrected chi connectivity index (χ0v) is 12.7. The zero-order chi connectivity index (χ0) is 15.6. The number of anilines is 1. The number of hydrogen-bond acceptors (Lipinski definition) is 4. The van der Waals surface area contributed by atoms with Crippen LogP contribution in [-0.2, 0) is 4.74 Å². The molecule has 118 valence electrons. The van der Waals surface area contributed by atoms with Gasteiger partial charge in [-0.05, 0) is 25.0 Å². The number of aromatic nitrogens is 2. The Kier molecular flexibility index (Phi) is 3.67. The van der Waals surface area contributed by atoms with Gasteiger partial charge in [-0.2, -0.15) is 0 Å².